The summed E-state index contributed by atoms with van der Waals surface area (Å²) in [5.41, 5.74) is 10.8. The Morgan fingerprint density at radius 3 is 3.10 bits per heavy atom. The van der Waals surface area contributed by atoms with Gasteiger partial charge in [0.25, 0.3) is 0 Å². The summed E-state index contributed by atoms with van der Waals surface area (Å²) in [6.45, 7) is 1.49. The molecule has 4 N–H and O–H groups in total. The van der Waals surface area contributed by atoms with Gasteiger partial charge in [-0.05, 0) is 35.1 Å². The van der Waals surface area contributed by atoms with Gasteiger partial charge in [-0.2, -0.15) is 0 Å². The van der Waals surface area contributed by atoms with Gasteiger partial charge in [-0.15, -0.1) is 0 Å². The number of hydrogen-bond donors (Lipinski definition) is 3. The predicted molar refractivity (Wildman–Crippen MR) is 83.5 cm³/mol. The summed E-state index contributed by atoms with van der Waals surface area (Å²) in [6.07, 6.45) is 5.67. The first-order chi connectivity index (χ1) is 10.3. The standard InChI is InChI=1S/C17H22N2O2/c18-9-10-19-17(20)21-11-16-14-7-3-1-5-12(14)13-6-2-4-8-15(13)16/h1,3-5,7-8,16-17,19-20H,2,6,9-11,18H2/t16?,17-/m1/s1. The second-order valence-electron chi connectivity index (χ2n) is 5.44. The zero-order chi connectivity index (χ0) is 14.7. The molecule has 4 heteroatoms. The zero-order valence-corrected chi connectivity index (χ0v) is 12.1. The normalized spacial score (nSPS) is 21.3. The molecule has 2 aliphatic rings. The van der Waals surface area contributed by atoms with Gasteiger partial charge in [-0.25, -0.2) is 0 Å². The Morgan fingerprint density at radius 2 is 2.24 bits per heavy atom. The Labute approximate surface area is 125 Å². The fourth-order valence-corrected chi connectivity index (χ4v) is 3.18. The van der Waals surface area contributed by atoms with Crippen molar-refractivity contribution in [2.45, 2.75) is 25.2 Å². The van der Waals surface area contributed by atoms with Gasteiger partial charge >= 0.3 is 0 Å². The van der Waals surface area contributed by atoms with Crippen LogP contribution in [0.2, 0.25) is 0 Å². The third-order valence-corrected chi connectivity index (χ3v) is 4.13. The number of aliphatic hydroxyl groups is 1. The van der Waals surface area contributed by atoms with E-state index in [1.807, 2.05) is 0 Å². The molecule has 1 aromatic carbocycles. The minimum absolute atomic E-state index is 0.210. The summed E-state index contributed by atoms with van der Waals surface area (Å²) in [5.74, 6) is 0.210. The van der Waals surface area contributed by atoms with Gasteiger partial charge in [0.05, 0.1) is 6.61 Å². The Kier molecular flexibility index (Phi) is 4.51. The van der Waals surface area contributed by atoms with Gasteiger partial charge in [0.2, 0.25) is 6.41 Å². The smallest absolute Gasteiger partial charge is 0.213 e. The summed E-state index contributed by atoms with van der Waals surface area (Å²) in [6, 6.07) is 8.50. The zero-order valence-electron chi connectivity index (χ0n) is 12.1. The van der Waals surface area contributed by atoms with E-state index in [0.29, 0.717) is 19.7 Å². The maximum atomic E-state index is 9.76. The first kappa shape index (κ1) is 14.5. The van der Waals surface area contributed by atoms with Crippen molar-refractivity contribution >= 4 is 5.57 Å². The van der Waals surface area contributed by atoms with Crippen molar-refractivity contribution in [3.8, 4) is 0 Å². The summed E-state index contributed by atoms with van der Waals surface area (Å²) in [5, 5.41) is 12.6. The molecule has 4 nitrogen and oxygen atoms in total. The molecule has 0 saturated carbocycles. The fourth-order valence-electron chi connectivity index (χ4n) is 3.18. The maximum Gasteiger partial charge on any atom is 0.213 e. The largest absolute Gasteiger partial charge is 0.356 e. The summed E-state index contributed by atoms with van der Waals surface area (Å²) in [4.78, 5) is 0. The van der Waals surface area contributed by atoms with Crippen LogP contribution in [0, 0.1) is 0 Å². The van der Waals surface area contributed by atoms with Crippen LogP contribution in [0.5, 0.6) is 0 Å². The van der Waals surface area contributed by atoms with Gasteiger partial charge in [-0.3, -0.25) is 5.32 Å². The van der Waals surface area contributed by atoms with Crippen molar-refractivity contribution in [1.82, 2.24) is 5.32 Å². The molecule has 1 unspecified atom stereocenters. The van der Waals surface area contributed by atoms with E-state index < -0.39 is 6.41 Å². The van der Waals surface area contributed by atoms with Crippen LogP contribution in [-0.2, 0) is 4.74 Å². The van der Waals surface area contributed by atoms with E-state index in [0.717, 1.165) is 12.8 Å². The molecule has 0 spiro atoms. The van der Waals surface area contributed by atoms with Crippen LogP contribution in [0.3, 0.4) is 0 Å². The Hall–Kier alpha value is -1.46. The first-order valence-electron chi connectivity index (χ1n) is 7.53. The van der Waals surface area contributed by atoms with Crippen LogP contribution in [0.4, 0.5) is 0 Å². The van der Waals surface area contributed by atoms with Crippen LogP contribution in [0.1, 0.15) is 29.9 Å². The molecule has 1 aromatic rings. The number of rotatable bonds is 6. The van der Waals surface area contributed by atoms with E-state index >= 15 is 0 Å². The van der Waals surface area contributed by atoms with Gasteiger partial charge in [-0.1, -0.05) is 36.4 Å². The van der Waals surface area contributed by atoms with Gasteiger partial charge in [0.1, 0.15) is 0 Å². The Balaban J connectivity index is 1.75. The van der Waals surface area contributed by atoms with Crippen molar-refractivity contribution in [3.63, 3.8) is 0 Å². The second-order valence-corrected chi connectivity index (χ2v) is 5.44. The molecule has 0 heterocycles. The van der Waals surface area contributed by atoms with Gasteiger partial charge in [0, 0.05) is 19.0 Å². The molecule has 2 aliphatic carbocycles. The van der Waals surface area contributed by atoms with Crippen LogP contribution in [0.25, 0.3) is 5.57 Å². The third-order valence-electron chi connectivity index (χ3n) is 4.13. The summed E-state index contributed by atoms with van der Waals surface area (Å²) >= 11 is 0. The van der Waals surface area contributed by atoms with Crippen LogP contribution in [0.15, 0.2) is 42.0 Å². The van der Waals surface area contributed by atoms with E-state index in [2.05, 4.69) is 41.7 Å². The van der Waals surface area contributed by atoms with E-state index in [1.165, 1.54) is 22.3 Å². The number of ether oxygens (including phenoxy) is 1. The topological polar surface area (TPSA) is 67.5 Å². The van der Waals surface area contributed by atoms with Crippen molar-refractivity contribution in [3.05, 3.63) is 53.1 Å². The highest BCUT2D eigenvalue weighted by Crippen LogP contribution is 2.46. The molecular weight excluding hydrogens is 264 g/mol. The number of allylic oxidation sites excluding steroid dienone is 3. The van der Waals surface area contributed by atoms with E-state index in [-0.39, 0.29) is 5.92 Å². The highest BCUT2D eigenvalue weighted by molar-refractivity contribution is 5.81. The minimum atomic E-state index is -0.960. The summed E-state index contributed by atoms with van der Waals surface area (Å²) in [7, 11) is 0. The molecule has 21 heavy (non-hydrogen) atoms. The molecule has 0 fully saturated rings. The van der Waals surface area contributed by atoms with Crippen LogP contribution >= 0.6 is 0 Å². The van der Waals surface area contributed by atoms with E-state index in [9.17, 15) is 5.11 Å². The lowest BCUT2D eigenvalue weighted by Gasteiger charge is -2.19. The molecule has 0 saturated heterocycles. The monoisotopic (exact) mass is 286 g/mol. The van der Waals surface area contributed by atoms with Crippen molar-refractivity contribution in [2.24, 2.45) is 5.73 Å². The van der Waals surface area contributed by atoms with Gasteiger partial charge in [0.15, 0.2) is 0 Å². The molecule has 2 atom stereocenters. The second kappa shape index (κ2) is 6.54. The maximum absolute atomic E-state index is 9.76. The van der Waals surface area contributed by atoms with Crippen LogP contribution < -0.4 is 11.1 Å². The number of hydrogen-bond acceptors (Lipinski definition) is 4. The molecule has 0 amide bonds. The number of fused-ring (bicyclic) bond motifs is 2. The molecule has 0 radical (unpaired) electrons. The highest BCUT2D eigenvalue weighted by atomic mass is 16.6. The quantitative estimate of drug-likeness (QED) is 0.697. The van der Waals surface area contributed by atoms with Crippen molar-refractivity contribution < 1.29 is 9.84 Å². The number of aliphatic hydroxyl groups excluding tert-OH is 1. The number of nitrogens with two attached hydrogens (primary N) is 1. The average molecular weight is 286 g/mol. The summed E-state index contributed by atoms with van der Waals surface area (Å²) < 4.78 is 5.55. The Morgan fingerprint density at radius 1 is 1.38 bits per heavy atom. The fraction of sp³-hybridized carbons (Fsp3) is 0.412. The number of benzene rings is 1. The molecule has 3 rings (SSSR count). The van der Waals surface area contributed by atoms with Crippen molar-refractivity contribution in [2.75, 3.05) is 19.7 Å². The lowest BCUT2D eigenvalue weighted by molar-refractivity contribution is -0.121. The molecule has 0 bridgehead atoms. The molecular formula is C17H22N2O2. The first-order valence-corrected chi connectivity index (χ1v) is 7.53. The SMILES string of the molecule is NCCN[C@H](O)OCC1C2=C(CCC=C2)c2ccccc21. The average Bonchev–Trinajstić information content (AvgIpc) is 2.85. The number of nitrogens with one attached hydrogen (secondary N) is 1. The Bertz CT molecular complexity index is 566. The highest BCUT2D eigenvalue weighted by Gasteiger charge is 2.30. The minimum Gasteiger partial charge on any atom is -0.356 e. The van der Waals surface area contributed by atoms with Gasteiger partial charge < -0.3 is 15.6 Å². The third kappa shape index (κ3) is 2.94. The molecule has 0 aliphatic heterocycles. The van der Waals surface area contributed by atoms with Crippen LogP contribution in [-0.4, -0.2) is 31.2 Å². The molecule has 112 valence electrons. The lowest BCUT2D eigenvalue weighted by atomic mass is 9.93. The van der Waals surface area contributed by atoms with Crippen molar-refractivity contribution in [1.29, 1.82) is 0 Å². The van der Waals surface area contributed by atoms with E-state index in [1.54, 1.807) is 0 Å². The lowest BCUT2D eigenvalue weighted by Crippen LogP contribution is -2.36. The predicted octanol–water partition coefficient (Wildman–Crippen LogP) is 1.73. The van der Waals surface area contributed by atoms with E-state index in [4.69, 9.17) is 10.5 Å². The molecule has 0 aromatic heterocycles.